The van der Waals surface area contributed by atoms with E-state index < -0.39 is 35.3 Å². The van der Waals surface area contributed by atoms with Crippen molar-refractivity contribution in [3.63, 3.8) is 0 Å². The van der Waals surface area contributed by atoms with Gasteiger partial charge in [-0.15, -0.1) is 0 Å². The summed E-state index contributed by atoms with van der Waals surface area (Å²) < 4.78 is 18.5. The van der Waals surface area contributed by atoms with E-state index in [-0.39, 0.29) is 18.7 Å². The first kappa shape index (κ1) is 16.5. The van der Waals surface area contributed by atoms with Crippen molar-refractivity contribution in [1.82, 2.24) is 4.90 Å². The van der Waals surface area contributed by atoms with Crippen molar-refractivity contribution in [3.05, 3.63) is 47.8 Å². The molecular weight excluding hydrogens is 305 g/mol. The highest BCUT2D eigenvalue weighted by atomic mass is 19.1. The number of carbonyl (C=O) groups is 4. The van der Waals surface area contributed by atoms with Gasteiger partial charge >= 0.3 is 5.97 Å². The van der Waals surface area contributed by atoms with E-state index in [1.165, 1.54) is 18.2 Å². The molecule has 1 aliphatic rings. The summed E-state index contributed by atoms with van der Waals surface area (Å²) in [6, 6.07) is 4.02. The third-order valence-electron chi connectivity index (χ3n) is 3.39. The van der Waals surface area contributed by atoms with E-state index in [9.17, 15) is 23.6 Å². The zero-order chi connectivity index (χ0) is 17.1. The number of ether oxygens (including phenoxy) is 1. The standard InChI is InChI=1S/C16H14FNO5/c1-3-7-23-16(22)12(9(2)19)14(20)18-8-10-5-4-6-11(17)13(10)15(18)21/h3-6,12H,1,7-8H2,2H3. The van der Waals surface area contributed by atoms with Crippen molar-refractivity contribution in [1.29, 1.82) is 0 Å². The molecule has 1 aromatic rings. The normalized spacial score (nSPS) is 14.2. The molecule has 0 saturated carbocycles. The van der Waals surface area contributed by atoms with Gasteiger partial charge in [-0.05, 0) is 18.6 Å². The van der Waals surface area contributed by atoms with Gasteiger partial charge in [0.15, 0.2) is 11.7 Å². The lowest BCUT2D eigenvalue weighted by Crippen LogP contribution is -2.43. The zero-order valence-corrected chi connectivity index (χ0v) is 12.4. The molecule has 0 N–H and O–H groups in total. The Morgan fingerprint density at radius 3 is 2.70 bits per heavy atom. The number of ketones is 1. The van der Waals surface area contributed by atoms with Crippen LogP contribution in [0.5, 0.6) is 0 Å². The Hall–Kier alpha value is -2.83. The summed E-state index contributed by atoms with van der Waals surface area (Å²) in [6.07, 6.45) is 1.28. The molecule has 0 bridgehead atoms. The van der Waals surface area contributed by atoms with Crippen LogP contribution in [-0.2, 0) is 25.7 Å². The number of halogens is 1. The van der Waals surface area contributed by atoms with Gasteiger partial charge in [0.2, 0.25) is 0 Å². The summed E-state index contributed by atoms with van der Waals surface area (Å²) in [6.45, 7) is 4.04. The number of fused-ring (bicyclic) bond motifs is 1. The summed E-state index contributed by atoms with van der Waals surface area (Å²) in [5.74, 6) is -6.22. The minimum absolute atomic E-state index is 0.168. The summed E-state index contributed by atoms with van der Waals surface area (Å²) >= 11 is 0. The average molecular weight is 319 g/mol. The van der Waals surface area contributed by atoms with Crippen LogP contribution in [0, 0.1) is 11.7 Å². The zero-order valence-electron chi connectivity index (χ0n) is 12.4. The number of carbonyl (C=O) groups excluding carboxylic acids is 4. The first-order valence-corrected chi connectivity index (χ1v) is 6.79. The summed E-state index contributed by atoms with van der Waals surface area (Å²) in [7, 11) is 0. The lowest BCUT2D eigenvalue weighted by atomic mass is 10.0. The molecule has 120 valence electrons. The maximum Gasteiger partial charge on any atom is 0.326 e. The van der Waals surface area contributed by atoms with Gasteiger partial charge in [0, 0.05) is 0 Å². The van der Waals surface area contributed by atoms with Crippen LogP contribution in [-0.4, -0.2) is 35.1 Å². The molecule has 2 amide bonds. The Morgan fingerprint density at radius 1 is 1.43 bits per heavy atom. The van der Waals surface area contributed by atoms with Crippen molar-refractivity contribution in [3.8, 4) is 0 Å². The Labute approximate surface area is 131 Å². The van der Waals surface area contributed by atoms with Gasteiger partial charge in [0.05, 0.1) is 12.1 Å². The summed E-state index contributed by atoms with van der Waals surface area (Å²) in [4.78, 5) is 48.8. The molecular formula is C16H14FNO5. The minimum Gasteiger partial charge on any atom is -0.461 e. The van der Waals surface area contributed by atoms with Gasteiger partial charge in [-0.3, -0.25) is 24.1 Å². The topological polar surface area (TPSA) is 80.8 Å². The van der Waals surface area contributed by atoms with E-state index in [4.69, 9.17) is 4.74 Å². The maximum absolute atomic E-state index is 13.7. The molecule has 1 unspecified atom stereocenters. The van der Waals surface area contributed by atoms with Gasteiger partial charge in [0.25, 0.3) is 11.8 Å². The predicted octanol–water partition coefficient (Wildman–Crippen LogP) is 1.24. The number of esters is 1. The molecule has 23 heavy (non-hydrogen) atoms. The molecule has 0 spiro atoms. The molecule has 2 rings (SSSR count). The predicted molar refractivity (Wildman–Crippen MR) is 76.6 cm³/mol. The fraction of sp³-hybridized carbons (Fsp3) is 0.250. The van der Waals surface area contributed by atoms with Crippen LogP contribution < -0.4 is 0 Å². The molecule has 1 heterocycles. The van der Waals surface area contributed by atoms with Crippen molar-refractivity contribution in [2.45, 2.75) is 13.5 Å². The number of amides is 2. The lowest BCUT2D eigenvalue weighted by Gasteiger charge is -2.18. The van der Waals surface area contributed by atoms with Crippen LogP contribution >= 0.6 is 0 Å². The Balaban J connectivity index is 2.27. The van der Waals surface area contributed by atoms with E-state index >= 15 is 0 Å². The third-order valence-corrected chi connectivity index (χ3v) is 3.39. The van der Waals surface area contributed by atoms with Crippen LogP contribution in [0.25, 0.3) is 0 Å². The molecule has 1 aliphatic heterocycles. The molecule has 0 aliphatic carbocycles. The maximum atomic E-state index is 13.7. The minimum atomic E-state index is -1.75. The summed E-state index contributed by atoms with van der Waals surface area (Å²) in [5, 5.41) is 0. The average Bonchev–Trinajstić information content (AvgIpc) is 2.83. The molecule has 0 radical (unpaired) electrons. The quantitative estimate of drug-likeness (QED) is 0.463. The van der Waals surface area contributed by atoms with Gasteiger partial charge in [0.1, 0.15) is 12.4 Å². The van der Waals surface area contributed by atoms with Gasteiger partial charge in [-0.1, -0.05) is 24.8 Å². The number of imide groups is 1. The van der Waals surface area contributed by atoms with Crippen LogP contribution in [0.4, 0.5) is 4.39 Å². The Kier molecular flexibility index (Phi) is 4.68. The van der Waals surface area contributed by atoms with Gasteiger partial charge in [-0.25, -0.2) is 4.39 Å². The van der Waals surface area contributed by atoms with Crippen LogP contribution in [0.3, 0.4) is 0 Å². The van der Waals surface area contributed by atoms with Crippen molar-refractivity contribution >= 4 is 23.6 Å². The van der Waals surface area contributed by atoms with E-state index in [0.29, 0.717) is 10.5 Å². The number of benzene rings is 1. The fourth-order valence-electron chi connectivity index (χ4n) is 2.32. The van der Waals surface area contributed by atoms with E-state index in [1.54, 1.807) is 0 Å². The molecule has 7 heteroatoms. The van der Waals surface area contributed by atoms with E-state index in [1.807, 2.05) is 0 Å². The molecule has 1 aromatic carbocycles. The number of rotatable bonds is 5. The molecule has 1 atom stereocenters. The monoisotopic (exact) mass is 319 g/mol. The second-order valence-corrected chi connectivity index (χ2v) is 4.97. The van der Waals surface area contributed by atoms with E-state index in [0.717, 1.165) is 13.0 Å². The van der Waals surface area contributed by atoms with Gasteiger partial charge < -0.3 is 4.74 Å². The highest BCUT2D eigenvalue weighted by Crippen LogP contribution is 2.26. The van der Waals surface area contributed by atoms with Crippen molar-refractivity contribution in [2.24, 2.45) is 5.92 Å². The number of hydrogen-bond donors (Lipinski definition) is 0. The van der Waals surface area contributed by atoms with Crippen LogP contribution in [0.1, 0.15) is 22.8 Å². The van der Waals surface area contributed by atoms with Crippen LogP contribution in [0.15, 0.2) is 30.9 Å². The van der Waals surface area contributed by atoms with Crippen molar-refractivity contribution < 1.29 is 28.3 Å². The molecule has 6 nitrogen and oxygen atoms in total. The smallest absolute Gasteiger partial charge is 0.326 e. The second-order valence-electron chi connectivity index (χ2n) is 4.97. The Bertz CT molecular complexity index is 712. The third kappa shape index (κ3) is 3.03. The first-order valence-electron chi connectivity index (χ1n) is 6.79. The molecule has 0 aromatic heterocycles. The van der Waals surface area contributed by atoms with Crippen LogP contribution in [0.2, 0.25) is 0 Å². The number of Topliss-reactive ketones (excluding diaryl/α,β-unsaturated/α-hetero) is 1. The van der Waals surface area contributed by atoms with Gasteiger partial charge in [-0.2, -0.15) is 0 Å². The largest absolute Gasteiger partial charge is 0.461 e. The second kappa shape index (κ2) is 6.51. The lowest BCUT2D eigenvalue weighted by molar-refractivity contribution is -0.156. The fourth-order valence-corrected chi connectivity index (χ4v) is 2.32. The number of hydrogen-bond acceptors (Lipinski definition) is 5. The highest BCUT2D eigenvalue weighted by Gasteiger charge is 2.42. The summed E-state index contributed by atoms with van der Waals surface area (Å²) in [5.41, 5.74) is 0.104. The SMILES string of the molecule is C=CCOC(=O)C(C(C)=O)C(=O)N1Cc2cccc(F)c2C1=O. The molecule has 0 fully saturated rings. The van der Waals surface area contributed by atoms with Crippen molar-refractivity contribution in [2.75, 3.05) is 6.61 Å². The Morgan fingerprint density at radius 2 is 2.13 bits per heavy atom. The first-order chi connectivity index (χ1) is 10.9. The van der Waals surface area contributed by atoms with E-state index in [2.05, 4.69) is 6.58 Å². The highest BCUT2D eigenvalue weighted by molar-refractivity contribution is 6.21. The number of nitrogens with zero attached hydrogens (tertiary/aromatic N) is 1. The molecule has 0 saturated heterocycles.